The highest BCUT2D eigenvalue weighted by molar-refractivity contribution is 5.96. The first kappa shape index (κ1) is 23.9. The maximum Gasteiger partial charge on any atom is 0.331 e. The standard InChI is InChI=1S/C28H27N3O4/c1-20-13-15-21(16-14-20)18-29-26(33)12-7-17-30-27(34)23-10-5-6-11-24(23)31(28(30)35)19-25(32)22-8-3-2-4-9-22/h2-6,8-11,13-16H,7,12,17-19H2,1H3,(H,29,33). The van der Waals surface area contributed by atoms with E-state index in [0.29, 0.717) is 29.4 Å². The SMILES string of the molecule is Cc1ccc(CNC(=O)CCCn2c(=O)c3ccccc3n(CC(=O)c3ccccc3)c2=O)cc1. The van der Waals surface area contributed by atoms with Gasteiger partial charge in [0, 0.05) is 25.1 Å². The van der Waals surface area contributed by atoms with Gasteiger partial charge < -0.3 is 5.32 Å². The number of fused-ring (bicyclic) bond motifs is 1. The first-order valence-electron chi connectivity index (χ1n) is 11.6. The molecule has 0 radical (unpaired) electrons. The Morgan fingerprint density at radius 1 is 0.829 bits per heavy atom. The smallest absolute Gasteiger partial charge is 0.331 e. The maximum absolute atomic E-state index is 13.3. The third-order valence-corrected chi connectivity index (χ3v) is 5.93. The third kappa shape index (κ3) is 5.63. The van der Waals surface area contributed by atoms with E-state index in [1.807, 2.05) is 37.3 Å². The molecule has 0 saturated heterocycles. The summed E-state index contributed by atoms with van der Waals surface area (Å²) in [5, 5.41) is 3.22. The zero-order valence-corrected chi connectivity index (χ0v) is 19.6. The number of nitrogens with zero attached hydrogens (tertiary/aromatic N) is 2. The van der Waals surface area contributed by atoms with E-state index in [-0.39, 0.29) is 31.2 Å². The fraction of sp³-hybridized carbons (Fsp3) is 0.214. The van der Waals surface area contributed by atoms with Crippen molar-refractivity contribution in [1.29, 1.82) is 0 Å². The van der Waals surface area contributed by atoms with E-state index in [1.54, 1.807) is 48.5 Å². The Morgan fingerprint density at radius 2 is 1.51 bits per heavy atom. The molecular weight excluding hydrogens is 442 g/mol. The molecule has 7 nitrogen and oxygen atoms in total. The van der Waals surface area contributed by atoms with Crippen molar-refractivity contribution in [3.8, 4) is 0 Å². The van der Waals surface area contributed by atoms with Crippen LogP contribution in [0.25, 0.3) is 10.9 Å². The molecule has 0 aliphatic carbocycles. The average molecular weight is 470 g/mol. The lowest BCUT2D eigenvalue weighted by molar-refractivity contribution is -0.121. The first-order chi connectivity index (χ1) is 16.9. The second-order valence-electron chi connectivity index (χ2n) is 8.50. The van der Waals surface area contributed by atoms with Crippen LogP contribution < -0.4 is 16.6 Å². The topological polar surface area (TPSA) is 90.2 Å². The molecule has 0 aliphatic rings. The molecule has 0 saturated carbocycles. The van der Waals surface area contributed by atoms with Crippen molar-refractivity contribution in [1.82, 2.24) is 14.5 Å². The quantitative estimate of drug-likeness (QED) is 0.380. The van der Waals surface area contributed by atoms with E-state index in [9.17, 15) is 19.2 Å². The summed E-state index contributed by atoms with van der Waals surface area (Å²) < 4.78 is 2.46. The lowest BCUT2D eigenvalue weighted by Crippen LogP contribution is -2.41. The van der Waals surface area contributed by atoms with Crippen LogP contribution in [0.3, 0.4) is 0 Å². The van der Waals surface area contributed by atoms with Gasteiger partial charge in [-0.25, -0.2) is 4.79 Å². The molecular formula is C28H27N3O4. The summed E-state index contributed by atoms with van der Waals surface area (Å²) in [5.41, 5.74) is 2.08. The highest BCUT2D eigenvalue weighted by atomic mass is 16.2. The number of aromatic nitrogens is 2. The van der Waals surface area contributed by atoms with Crippen LogP contribution in [-0.4, -0.2) is 20.8 Å². The van der Waals surface area contributed by atoms with Gasteiger partial charge in [0.2, 0.25) is 5.91 Å². The summed E-state index contributed by atoms with van der Waals surface area (Å²) in [6, 6.07) is 23.4. The zero-order valence-electron chi connectivity index (χ0n) is 19.6. The summed E-state index contributed by atoms with van der Waals surface area (Å²) in [4.78, 5) is 51.4. The second-order valence-corrected chi connectivity index (χ2v) is 8.50. The van der Waals surface area contributed by atoms with E-state index in [4.69, 9.17) is 0 Å². The van der Waals surface area contributed by atoms with Crippen molar-refractivity contribution in [3.05, 3.63) is 116 Å². The minimum Gasteiger partial charge on any atom is -0.352 e. The molecule has 4 aromatic rings. The number of hydrogen-bond donors (Lipinski definition) is 1. The van der Waals surface area contributed by atoms with Crippen LogP contribution >= 0.6 is 0 Å². The Morgan fingerprint density at radius 3 is 2.26 bits per heavy atom. The van der Waals surface area contributed by atoms with E-state index >= 15 is 0 Å². The van der Waals surface area contributed by atoms with E-state index in [0.717, 1.165) is 15.7 Å². The monoisotopic (exact) mass is 469 g/mol. The molecule has 4 rings (SSSR count). The minimum absolute atomic E-state index is 0.0833. The fourth-order valence-corrected chi connectivity index (χ4v) is 3.97. The van der Waals surface area contributed by atoms with Crippen LogP contribution in [0.5, 0.6) is 0 Å². The van der Waals surface area contributed by atoms with Crippen LogP contribution in [0.2, 0.25) is 0 Å². The van der Waals surface area contributed by atoms with Crippen LogP contribution in [-0.2, 0) is 24.4 Å². The van der Waals surface area contributed by atoms with Gasteiger partial charge in [-0.2, -0.15) is 0 Å². The number of rotatable bonds is 9. The Bertz CT molecular complexity index is 1470. The van der Waals surface area contributed by atoms with Crippen molar-refractivity contribution in [2.75, 3.05) is 0 Å². The molecule has 0 aliphatic heterocycles. The Kier molecular flexibility index (Phi) is 7.35. The van der Waals surface area contributed by atoms with Crippen LogP contribution in [0.4, 0.5) is 0 Å². The van der Waals surface area contributed by atoms with E-state index in [2.05, 4.69) is 5.32 Å². The van der Waals surface area contributed by atoms with Gasteiger partial charge >= 0.3 is 5.69 Å². The van der Waals surface area contributed by atoms with Crippen LogP contribution in [0.1, 0.15) is 34.3 Å². The molecule has 7 heteroatoms. The Balaban J connectivity index is 1.50. The molecule has 1 heterocycles. The molecule has 178 valence electrons. The van der Waals surface area contributed by atoms with Crippen molar-refractivity contribution in [2.24, 2.45) is 0 Å². The molecule has 0 spiro atoms. The number of nitrogens with one attached hydrogen (secondary N) is 1. The number of carbonyl (C=O) groups excluding carboxylic acids is 2. The van der Waals surface area contributed by atoms with Crippen LogP contribution in [0, 0.1) is 6.92 Å². The van der Waals surface area contributed by atoms with Gasteiger partial charge in [-0.05, 0) is 31.0 Å². The Labute approximate surface area is 202 Å². The summed E-state index contributed by atoms with van der Waals surface area (Å²) in [6.45, 7) is 2.33. The van der Waals surface area contributed by atoms with Crippen molar-refractivity contribution in [3.63, 3.8) is 0 Å². The maximum atomic E-state index is 13.3. The summed E-state index contributed by atoms with van der Waals surface area (Å²) >= 11 is 0. The number of hydrogen-bond acceptors (Lipinski definition) is 4. The molecule has 35 heavy (non-hydrogen) atoms. The second kappa shape index (κ2) is 10.8. The van der Waals surface area contributed by atoms with Crippen LogP contribution in [0.15, 0.2) is 88.5 Å². The molecule has 1 aromatic heterocycles. The number of Topliss-reactive ketones (excluding diaryl/α,β-unsaturated/α-hetero) is 1. The molecule has 0 bridgehead atoms. The summed E-state index contributed by atoms with van der Waals surface area (Å²) in [6.07, 6.45) is 0.493. The predicted octanol–water partition coefficient (Wildman–Crippen LogP) is 3.45. The number of ketones is 1. The molecule has 0 fully saturated rings. The number of aryl methyl sites for hydroxylation is 1. The zero-order chi connectivity index (χ0) is 24.8. The van der Waals surface area contributed by atoms with E-state index < -0.39 is 11.2 Å². The Hall–Kier alpha value is -4.26. The molecule has 3 aromatic carbocycles. The largest absolute Gasteiger partial charge is 0.352 e. The minimum atomic E-state index is -0.557. The van der Waals surface area contributed by atoms with Gasteiger partial charge in [-0.15, -0.1) is 0 Å². The van der Waals surface area contributed by atoms with Gasteiger partial charge in [-0.3, -0.25) is 23.5 Å². The number of carbonyl (C=O) groups is 2. The van der Waals surface area contributed by atoms with Gasteiger partial charge in [0.05, 0.1) is 17.4 Å². The van der Waals surface area contributed by atoms with Gasteiger partial charge in [-0.1, -0.05) is 72.3 Å². The summed E-state index contributed by atoms with van der Waals surface area (Å²) in [7, 11) is 0. The number of benzene rings is 3. The van der Waals surface area contributed by atoms with Crippen molar-refractivity contribution in [2.45, 2.75) is 39.4 Å². The van der Waals surface area contributed by atoms with Gasteiger partial charge in [0.15, 0.2) is 5.78 Å². The predicted molar refractivity (Wildman–Crippen MR) is 136 cm³/mol. The normalized spacial score (nSPS) is 10.9. The molecule has 1 N–H and O–H groups in total. The van der Waals surface area contributed by atoms with E-state index in [1.165, 1.54) is 4.57 Å². The van der Waals surface area contributed by atoms with Gasteiger partial charge in [0.1, 0.15) is 0 Å². The molecule has 1 amide bonds. The highest BCUT2D eigenvalue weighted by Gasteiger charge is 2.16. The number of amides is 1. The first-order valence-corrected chi connectivity index (χ1v) is 11.6. The summed E-state index contributed by atoms with van der Waals surface area (Å²) in [5.74, 6) is -0.377. The van der Waals surface area contributed by atoms with Gasteiger partial charge in [0.25, 0.3) is 5.56 Å². The number of para-hydroxylation sites is 1. The third-order valence-electron chi connectivity index (χ3n) is 5.93. The lowest BCUT2D eigenvalue weighted by atomic mass is 10.1. The van der Waals surface area contributed by atoms with Crippen molar-refractivity contribution < 1.29 is 9.59 Å². The van der Waals surface area contributed by atoms with Crippen molar-refractivity contribution >= 4 is 22.6 Å². The highest BCUT2D eigenvalue weighted by Crippen LogP contribution is 2.10. The average Bonchev–Trinajstić information content (AvgIpc) is 2.88. The lowest BCUT2D eigenvalue weighted by Gasteiger charge is -2.14. The fourth-order valence-electron chi connectivity index (χ4n) is 3.97. The molecule has 0 unspecified atom stereocenters. The molecule has 0 atom stereocenters.